The van der Waals surface area contributed by atoms with Crippen LogP contribution in [-0.4, -0.2) is 34.2 Å². The number of aryl methyl sites for hydroxylation is 2. The molecule has 0 unspecified atom stereocenters. The maximum Gasteiger partial charge on any atom is 0.270 e. The van der Waals surface area contributed by atoms with E-state index in [1.54, 1.807) is 0 Å². The molecule has 0 bridgehead atoms. The number of piperidine rings is 1. The van der Waals surface area contributed by atoms with Gasteiger partial charge in [0.2, 0.25) is 0 Å². The number of ketones is 1. The lowest BCUT2D eigenvalue weighted by Crippen LogP contribution is -2.42. The van der Waals surface area contributed by atoms with Gasteiger partial charge >= 0.3 is 0 Å². The van der Waals surface area contributed by atoms with Crippen molar-refractivity contribution >= 4 is 33.9 Å². The number of hydrogen-bond donors (Lipinski definition) is 0. The summed E-state index contributed by atoms with van der Waals surface area (Å²) in [7, 11) is 1.95. The molecule has 1 aliphatic rings. The van der Waals surface area contributed by atoms with Crippen LogP contribution in [0.15, 0.2) is 41.8 Å². The van der Waals surface area contributed by atoms with Crippen LogP contribution in [-0.2, 0) is 7.05 Å². The molecule has 0 aliphatic carbocycles. The van der Waals surface area contributed by atoms with Gasteiger partial charge in [-0.2, -0.15) is 0 Å². The van der Waals surface area contributed by atoms with E-state index in [2.05, 4.69) is 13.0 Å². The Bertz CT molecular complexity index is 971. The highest BCUT2D eigenvalue weighted by Crippen LogP contribution is 2.27. The van der Waals surface area contributed by atoms with Crippen molar-refractivity contribution < 1.29 is 9.59 Å². The zero-order chi connectivity index (χ0) is 18.3. The topological polar surface area (TPSA) is 42.3 Å². The second-order valence-corrected chi connectivity index (χ2v) is 7.98. The first-order valence-electron chi connectivity index (χ1n) is 8.98. The van der Waals surface area contributed by atoms with Gasteiger partial charge in [-0.15, -0.1) is 11.3 Å². The van der Waals surface area contributed by atoms with E-state index < -0.39 is 0 Å². The Labute approximate surface area is 157 Å². The molecule has 0 spiro atoms. The second kappa shape index (κ2) is 6.72. The van der Waals surface area contributed by atoms with E-state index >= 15 is 0 Å². The molecular formula is C21H22N2O2S. The lowest BCUT2D eigenvalue weighted by Gasteiger charge is -2.32. The van der Waals surface area contributed by atoms with Gasteiger partial charge in [0.1, 0.15) is 5.69 Å². The van der Waals surface area contributed by atoms with Gasteiger partial charge in [-0.05, 0) is 42.8 Å². The average Bonchev–Trinajstić information content (AvgIpc) is 3.30. The number of thiophene rings is 1. The van der Waals surface area contributed by atoms with Gasteiger partial charge in [-0.1, -0.05) is 24.3 Å². The fraction of sp³-hybridized carbons (Fsp3) is 0.333. The number of Topliss-reactive ketones (excluding diaryl/α,β-unsaturated/α-hetero) is 1. The largest absolute Gasteiger partial charge is 0.339 e. The molecular weight excluding hydrogens is 344 g/mol. The number of aromatic nitrogens is 1. The van der Waals surface area contributed by atoms with Crippen molar-refractivity contribution in [2.75, 3.05) is 13.1 Å². The molecule has 26 heavy (non-hydrogen) atoms. The third kappa shape index (κ3) is 2.86. The van der Waals surface area contributed by atoms with Crippen molar-refractivity contribution in [1.29, 1.82) is 0 Å². The number of para-hydroxylation sites is 1. The van der Waals surface area contributed by atoms with Crippen LogP contribution in [0.25, 0.3) is 10.9 Å². The number of hydrogen-bond acceptors (Lipinski definition) is 3. The fourth-order valence-corrected chi connectivity index (χ4v) is 4.73. The number of amides is 1. The molecule has 134 valence electrons. The summed E-state index contributed by atoms with van der Waals surface area (Å²) in [6.07, 6.45) is 1.73. The molecule has 3 aromatic rings. The summed E-state index contributed by atoms with van der Waals surface area (Å²) in [6.45, 7) is 3.29. The Kier molecular flexibility index (Phi) is 4.41. The van der Waals surface area contributed by atoms with Crippen LogP contribution in [0.2, 0.25) is 0 Å². The van der Waals surface area contributed by atoms with Gasteiger partial charge in [-0.25, -0.2) is 0 Å². The molecule has 1 saturated heterocycles. The standard InChI is InChI=1S/C21H22N2O2S/c1-14-6-3-7-15-12-17(22(2)19(14)15)21(25)23-10-4-8-16(13-23)20(24)18-9-5-11-26-18/h3,5-7,9,11-12,16H,4,8,10,13H2,1-2H3/t16-/m1/s1. The zero-order valence-corrected chi connectivity index (χ0v) is 15.9. The lowest BCUT2D eigenvalue weighted by atomic mass is 9.93. The van der Waals surface area contributed by atoms with E-state index in [1.165, 1.54) is 11.3 Å². The van der Waals surface area contributed by atoms with Crippen LogP contribution in [0.1, 0.15) is 38.6 Å². The smallest absolute Gasteiger partial charge is 0.270 e. The lowest BCUT2D eigenvalue weighted by molar-refractivity contribution is 0.0631. The monoisotopic (exact) mass is 366 g/mol. The van der Waals surface area contributed by atoms with Crippen LogP contribution in [0.5, 0.6) is 0 Å². The number of carbonyl (C=O) groups is 2. The summed E-state index contributed by atoms with van der Waals surface area (Å²) < 4.78 is 1.98. The Morgan fingerprint density at radius 1 is 1.19 bits per heavy atom. The summed E-state index contributed by atoms with van der Waals surface area (Å²) in [5.74, 6) is 0.0972. The molecule has 4 nitrogen and oxygen atoms in total. The van der Waals surface area contributed by atoms with E-state index in [-0.39, 0.29) is 17.6 Å². The van der Waals surface area contributed by atoms with Crippen LogP contribution >= 0.6 is 11.3 Å². The maximum absolute atomic E-state index is 13.2. The van der Waals surface area contributed by atoms with Gasteiger partial charge in [0.05, 0.1) is 10.4 Å². The number of nitrogens with zero attached hydrogens (tertiary/aromatic N) is 2. The van der Waals surface area contributed by atoms with E-state index in [1.807, 2.05) is 52.2 Å². The minimum Gasteiger partial charge on any atom is -0.339 e. The molecule has 1 amide bonds. The van der Waals surface area contributed by atoms with Crippen LogP contribution < -0.4 is 0 Å². The van der Waals surface area contributed by atoms with E-state index in [0.717, 1.165) is 34.2 Å². The molecule has 2 aromatic heterocycles. The molecule has 4 rings (SSSR count). The van der Waals surface area contributed by atoms with Gasteiger partial charge in [0.15, 0.2) is 5.78 Å². The first-order valence-corrected chi connectivity index (χ1v) is 9.86. The molecule has 1 fully saturated rings. The zero-order valence-electron chi connectivity index (χ0n) is 15.1. The van der Waals surface area contributed by atoms with Crippen molar-refractivity contribution in [2.45, 2.75) is 19.8 Å². The number of rotatable bonds is 3. The summed E-state index contributed by atoms with van der Waals surface area (Å²) in [5, 5.41) is 3.01. The summed E-state index contributed by atoms with van der Waals surface area (Å²) in [4.78, 5) is 28.5. The fourth-order valence-electron chi connectivity index (χ4n) is 3.98. The highest BCUT2D eigenvalue weighted by atomic mass is 32.1. The molecule has 1 atom stereocenters. The minimum atomic E-state index is -0.0947. The molecule has 0 radical (unpaired) electrons. The van der Waals surface area contributed by atoms with Crippen molar-refractivity contribution in [3.63, 3.8) is 0 Å². The van der Waals surface area contributed by atoms with E-state index in [0.29, 0.717) is 18.8 Å². The average molecular weight is 366 g/mol. The Hall–Kier alpha value is -2.40. The first-order chi connectivity index (χ1) is 12.6. The van der Waals surface area contributed by atoms with Crippen molar-refractivity contribution in [3.05, 3.63) is 57.9 Å². The van der Waals surface area contributed by atoms with Crippen LogP contribution in [0.4, 0.5) is 0 Å². The van der Waals surface area contributed by atoms with Crippen molar-refractivity contribution in [2.24, 2.45) is 13.0 Å². The predicted molar refractivity (Wildman–Crippen MR) is 105 cm³/mol. The normalized spacial score (nSPS) is 17.6. The molecule has 1 aromatic carbocycles. The quantitative estimate of drug-likeness (QED) is 0.649. The third-order valence-electron chi connectivity index (χ3n) is 5.32. The van der Waals surface area contributed by atoms with Gasteiger partial charge in [0.25, 0.3) is 5.91 Å². The highest BCUT2D eigenvalue weighted by molar-refractivity contribution is 7.12. The Morgan fingerprint density at radius 2 is 2.04 bits per heavy atom. The Morgan fingerprint density at radius 3 is 2.77 bits per heavy atom. The molecule has 0 N–H and O–H groups in total. The summed E-state index contributed by atoms with van der Waals surface area (Å²) >= 11 is 1.48. The second-order valence-electron chi connectivity index (χ2n) is 7.03. The maximum atomic E-state index is 13.2. The first kappa shape index (κ1) is 17.0. The number of fused-ring (bicyclic) bond motifs is 1. The third-order valence-corrected chi connectivity index (χ3v) is 6.20. The molecule has 3 heterocycles. The van der Waals surface area contributed by atoms with Gasteiger partial charge < -0.3 is 9.47 Å². The summed E-state index contributed by atoms with van der Waals surface area (Å²) in [6, 6.07) is 11.9. The summed E-state index contributed by atoms with van der Waals surface area (Å²) in [5.41, 5.74) is 2.95. The molecule has 0 saturated carbocycles. The number of benzene rings is 1. The van der Waals surface area contributed by atoms with Crippen LogP contribution in [0, 0.1) is 12.8 Å². The highest BCUT2D eigenvalue weighted by Gasteiger charge is 2.31. The number of likely N-dealkylation sites (tertiary alicyclic amines) is 1. The molecule has 1 aliphatic heterocycles. The minimum absolute atomic E-state index is 0.0202. The van der Waals surface area contributed by atoms with E-state index in [4.69, 9.17) is 0 Å². The Balaban J connectivity index is 1.59. The molecule has 5 heteroatoms. The predicted octanol–water partition coefficient (Wildman–Crippen LogP) is 4.28. The van der Waals surface area contributed by atoms with Crippen LogP contribution in [0.3, 0.4) is 0 Å². The van der Waals surface area contributed by atoms with Crippen molar-refractivity contribution in [3.8, 4) is 0 Å². The van der Waals surface area contributed by atoms with Crippen molar-refractivity contribution in [1.82, 2.24) is 9.47 Å². The van der Waals surface area contributed by atoms with Gasteiger partial charge in [0, 0.05) is 31.4 Å². The van der Waals surface area contributed by atoms with Gasteiger partial charge in [-0.3, -0.25) is 9.59 Å². The number of carbonyl (C=O) groups excluding carboxylic acids is 2. The SMILES string of the molecule is Cc1cccc2cc(C(=O)N3CCC[C@@H](C(=O)c4cccs4)C3)n(C)c12. The van der Waals surface area contributed by atoms with E-state index in [9.17, 15) is 9.59 Å².